The van der Waals surface area contributed by atoms with Gasteiger partial charge >= 0.3 is 12.0 Å². The largest absolute Gasteiger partial charge is 0.408 e. The maximum Gasteiger partial charge on any atom is 0.328 e. The maximum atomic E-state index is 11.7. The van der Waals surface area contributed by atoms with Crippen molar-refractivity contribution >= 4 is 34.8 Å². The van der Waals surface area contributed by atoms with Crippen molar-refractivity contribution in [2.24, 2.45) is 5.92 Å². The van der Waals surface area contributed by atoms with E-state index in [-0.39, 0.29) is 12.6 Å². The normalized spacial score (nSPS) is 15.2. The molecular weight excluding hydrogens is 340 g/mol. The summed E-state index contributed by atoms with van der Waals surface area (Å²) in [6.07, 6.45) is 2.33. The molecule has 1 aromatic carbocycles. The summed E-state index contributed by atoms with van der Waals surface area (Å²) in [5.74, 6) is -2.02. The van der Waals surface area contributed by atoms with Crippen LogP contribution in [-0.4, -0.2) is 39.6 Å². The van der Waals surface area contributed by atoms with E-state index in [9.17, 15) is 14.4 Å². The molecule has 0 unspecified atom stereocenters. The molecule has 4 rings (SSSR count). The number of benzene rings is 1. The summed E-state index contributed by atoms with van der Waals surface area (Å²) in [4.78, 5) is 37.5. The number of fused-ring (bicyclic) bond motifs is 1. The summed E-state index contributed by atoms with van der Waals surface area (Å²) < 4.78 is 5.51. The van der Waals surface area contributed by atoms with Gasteiger partial charge in [-0.2, -0.15) is 0 Å². The number of carbonyl (C=O) groups excluding carboxylic acids is 3. The number of anilines is 1. The first-order valence-corrected chi connectivity index (χ1v) is 7.87. The number of barbiturate groups is 1. The molecule has 3 heterocycles. The zero-order chi connectivity index (χ0) is 18.1. The van der Waals surface area contributed by atoms with Gasteiger partial charge in [-0.25, -0.2) is 4.79 Å². The first kappa shape index (κ1) is 15.8. The Balaban J connectivity index is 1.41. The molecule has 1 aliphatic rings. The molecule has 10 heteroatoms. The van der Waals surface area contributed by atoms with E-state index in [2.05, 4.69) is 20.5 Å². The highest BCUT2D eigenvalue weighted by Crippen LogP contribution is 2.21. The summed E-state index contributed by atoms with van der Waals surface area (Å²) in [7, 11) is 0. The van der Waals surface area contributed by atoms with Crippen LogP contribution in [0.15, 0.2) is 34.9 Å². The van der Waals surface area contributed by atoms with Gasteiger partial charge < -0.3 is 14.7 Å². The number of urea groups is 1. The number of rotatable bonds is 5. The number of hydrogen-bond donors (Lipinski definition) is 4. The van der Waals surface area contributed by atoms with Crippen molar-refractivity contribution in [2.45, 2.75) is 6.42 Å². The van der Waals surface area contributed by atoms with Crippen molar-refractivity contribution in [1.29, 1.82) is 0 Å². The van der Waals surface area contributed by atoms with Gasteiger partial charge in [0.05, 0.1) is 6.42 Å². The lowest BCUT2D eigenvalue weighted by atomic mass is 10.1. The molecule has 3 aromatic rings. The smallest absolute Gasteiger partial charge is 0.328 e. The lowest BCUT2D eigenvalue weighted by molar-refractivity contribution is -0.135. The van der Waals surface area contributed by atoms with Crippen LogP contribution < -0.4 is 16.0 Å². The Morgan fingerprint density at radius 2 is 1.85 bits per heavy atom. The van der Waals surface area contributed by atoms with Crippen LogP contribution in [0.2, 0.25) is 0 Å². The van der Waals surface area contributed by atoms with Crippen molar-refractivity contribution in [1.82, 2.24) is 25.8 Å². The van der Waals surface area contributed by atoms with Crippen LogP contribution in [0.5, 0.6) is 0 Å². The number of imide groups is 2. The van der Waals surface area contributed by atoms with E-state index in [1.165, 1.54) is 0 Å². The Morgan fingerprint density at radius 3 is 2.65 bits per heavy atom. The second kappa shape index (κ2) is 6.31. The Kier molecular flexibility index (Phi) is 3.84. The third-order valence-corrected chi connectivity index (χ3v) is 4.05. The first-order chi connectivity index (χ1) is 12.6. The molecule has 1 saturated heterocycles. The Labute approximate surface area is 146 Å². The number of amides is 4. The van der Waals surface area contributed by atoms with Gasteiger partial charge in [-0.15, -0.1) is 5.10 Å². The summed E-state index contributed by atoms with van der Waals surface area (Å²) in [5, 5.41) is 15.7. The van der Waals surface area contributed by atoms with Gasteiger partial charge in [-0.1, -0.05) is 23.3 Å². The SMILES string of the molecule is O=C1NC(=O)C(CNc2nnc(Cc3c[nH]c4ccccc34)o2)C(=O)N1. The van der Waals surface area contributed by atoms with Crippen LogP contribution in [0.1, 0.15) is 11.5 Å². The predicted molar refractivity (Wildman–Crippen MR) is 89.1 cm³/mol. The van der Waals surface area contributed by atoms with Crippen molar-refractivity contribution in [2.75, 3.05) is 11.9 Å². The van der Waals surface area contributed by atoms with E-state index in [1.807, 2.05) is 41.1 Å². The number of aromatic amines is 1. The highest BCUT2D eigenvalue weighted by atomic mass is 16.4. The number of nitrogens with zero attached hydrogens (tertiary/aromatic N) is 2. The topological polar surface area (TPSA) is 142 Å². The molecule has 10 nitrogen and oxygen atoms in total. The number of carbonyl (C=O) groups is 3. The van der Waals surface area contributed by atoms with Crippen LogP contribution in [0.4, 0.5) is 10.8 Å². The average Bonchev–Trinajstić information content (AvgIpc) is 3.22. The van der Waals surface area contributed by atoms with Gasteiger partial charge in [0.1, 0.15) is 5.92 Å². The quantitative estimate of drug-likeness (QED) is 0.490. The fourth-order valence-electron chi connectivity index (χ4n) is 2.76. The Bertz CT molecular complexity index is 987. The number of H-pyrrole nitrogens is 1. The fraction of sp³-hybridized carbons (Fsp3) is 0.188. The molecule has 1 aliphatic heterocycles. The highest BCUT2D eigenvalue weighted by Gasteiger charge is 2.34. The molecule has 0 radical (unpaired) electrons. The molecule has 0 saturated carbocycles. The van der Waals surface area contributed by atoms with Crippen LogP contribution in [0.25, 0.3) is 10.9 Å². The summed E-state index contributed by atoms with van der Waals surface area (Å²) in [5.41, 5.74) is 2.03. The van der Waals surface area contributed by atoms with E-state index in [0.717, 1.165) is 16.5 Å². The van der Waals surface area contributed by atoms with E-state index in [0.29, 0.717) is 12.3 Å². The predicted octanol–water partition coefficient (Wildman–Crippen LogP) is 0.536. The molecule has 4 amide bonds. The highest BCUT2D eigenvalue weighted by molar-refractivity contribution is 6.16. The first-order valence-electron chi connectivity index (χ1n) is 7.87. The molecule has 26 heavy (non-hydrogen) atoms. The van der Waals surface area contributed by atoms with E-state index < -0.39 is 23.8 Å². The van der Waals surface area contributed by atoms with E-state index >= 15 is 0 Å². The second-order valence-electron chi connectivity index (χ2n) is 5.78. The molecular formula is C16H14N6O4. The minimum Gasteiger partial charge on any atom is -0.408 e. The summed E-state index contributed by atoms with van der Waals surface area (Å²) in [6, 6.07) is 7.14. The van der Waals surface area contributed by atoms with Gasteiger partial charge in [0.25, 0.3) is 0 Å². The van der Waals surface area contributed by atoms with Crippen molar-refractivity contribution < 1.29 is 18.8 Å². The zero-order valence-electron chi connectivity index (χ0n) is 13.4. The monoisotopic (exact) mass is 354 g/mol. The zero-order valence-corrected chi connectivity index (χ0v) is 13.4. The van der Waals surface area contributed by atoms with Crippen LogP contribution in [0.3, 0.4) is 0 Å². The second-order valence-corrected chi connectivity index (χ2v) is 5.78. The fourth-order valence-corrected chi connectivity index (χ4v) is 2.76. The third-order valence-electron chi connectivity index (χ3n) is 4.05. The van der Waals surface area contributed by atoms with Gasteiger partial charge in [0.2, 0.25) is 17.7 Å². The van der Waals surface area contributed by atoms with Crippen molar-refractivity contribution in [3.63, 3.8) is 0 Å². The lowest BCUT2D eigenvalue weighted by Crippen LogP contribution is -2.57. The minimum absolute atomic E-state index is 0.0698. The number of nitrogens with one attached hydrogen (secondary N) is 4. The lowest BCUT2D eigenvalue weighted by Gasteiger charge is -2.20. The minimum atomic E-state index is -1.06. The maximum absolute atomic E-state index is 11.7. The molecule has 4 N–H and O–H groups in total. The number of para-hydroxylation sites is 1. The van der Waals surface area contributed by atoms with Crippen LogP contribution >= 0.6 is 0 Å². The molecule has 1 fully saturated rings. The van der Waals surface area contributed by atoms with Gasteiger partial charge in [-0.3, -0.25) is 20.2 Å². The molecule has 0 spiro atoms. The third kappa shape index (κ3) is 2.99. The van der Waals surface area contributed by atoms with Gasteiger partial charge in [-0.05, 0) is 11.6 Å². The number of hydrogen-bond acceptors (Lipinski definition) is 7. The van der Waals surface area contributed by atoms with E-state index in [1.54, 1.807) is 0 Å². The average molecular weight is 354 g/mol. The van der Waals surface area contributed by atoms with Gasteiger partial charge in [0.15, 0.2) is 0 Å². The van der Waals surface area contributed by atoms with Crippen LogP contribution in [-0.2, 0) is 16.0 Å². The number of aromatic nitrogens is 3. The molecule has 132 valence electrons. The van der Waals surface area contributed by atoms with Crippen molar-refractivity contribution in [3.8, 4) is 0 Å². The van der Waals surface area contributed by atoms with E-state index in [4.69, 9.17) is 4.42 Å². The summed E-state index contributed by atoms with van der Waals surface area (Å²) >= 11 is 0. The van der Waals surface area contributed by atoms with Crippen LogP contribution in [0, 0.1) is 5.92 Å². The molecule has 0 bridgehead atoms. The Hall–Kier alpha value is -3.69. The molecule has 0 aliphatic carbocycles. The van der Waals surface area contributed by atoms with Gasteiger partial charge in [0, 0.05) is 23.6 Å². The standard InChI is InChI=1S/C16H14N6O4/c23-13-10(14(24)20-15(25)19-13)7-18-16-22-21-12(26-16)5-8-6-17-11-4-2-1-3-9(8)11/h1-4,6,10,17H,5,7H2,(H,18,22)(H2,19,20,23,24,25). The molecule has 2 aromatic heterocycles. The van der Waals surface area contributed by atoms with Crippen molar-refractivity contribution in [3.05, 3.63) is 41.9 Å². The summed E-state index contributed by atoms with van der Waals surface area (Å²) in [6.45, 7) is -0.0698. The molecule has 0 atom stereocenters. The Morgan fingerprint density at radius 1 is 1.08 bits per heavy atom.